The zero-order chi connectivity index (χ0) is 13.7. The van der Waals surface area contributed by atoms with Crippen molar-refractivity contribution < 1.29 is 19.4 Å². The van der Waals surface area contributed by atoms with Gasteiger partial charge in [0.1, 0.15) is 0 Å². The molecule has 5 heteroatoms. The van der Waals surface area contributed by atoms with E-state index >= 15 is 0 Å². The average Bonchev–Trinajstić information content (AvgIpc) is 2.37. The molecule has 0 saturated carbocycles. The van der Waals surface area contributed by atoms with Gasteiger partial charge in [0.15, 0.2) is 5.78 Å². The molecule has 0 aliphatic heterocycles. The van der Waals surface area contributed by atoms with Crippen LogP contribution in [-0.2, 0) is 11.3 Å². The van der Waals surface area contributed by atoms with Crippen LogP contribution in [-0.4, -0.2) is 28.8 Å². The highest BCUT2D eigenvalue weighted by Crippen LogP contribution is 2.15. The molecule has 0 aliphatic carbocycles. The predicted molar refractivity (Wildman–Crippen MR) is 68.0 cm³/mol. The lowest BCUT2D eigenvalue weighted by Crippen LogP contribution is -2.13. The second kappa shape index (κ2) is 6.52. The minimum Gasteiger partial charge on any atom is -0.462 e. The Morgan fingerprint density at radius 3 is 2.44 bits per heavy atom. The number of ether oxygens (including phenoxy) is 1. The number of aliphatic hydroxyl groups excluding tert-OH is 1. The van der Waals surface area contributed by atoms with Gasteiger partial charge < -0.3 is 9.84 Å². The zero-order valence-electron chi connectivity index (χ0n) is 10.3. The van der Waals surface area contributed by atoms with E-state index in [1.807, 2.05) is 0 Å². The van der Waals surface area contributed by atoms with Gasteiger partial charge in [-0.3, -0.25) is 4.79 Å². The molecule has 4 nitrogen and oxygen atoms in total. The lowest BCUT2D eigenvalue weighted by atomic mass is 10.0. The lowest BCUT2D eigenvalue weighted by Gasteiger charge is -2.08. The van der Waals surface area contributed by atoms with Crippen LogP contribution in [0.25, 0.3) is 0 Å². The topological polar surface area (TPSA) is 63.6 Å². The molecule has 1 atom stereocenters. The summed E-state index contributed by atoms with van der Waals surface area (Å²) < 4.78 is 4.86. The summed E-state index contributed by atoms with van der Waals surface area (Å²) in [5.41, 5.74) is 1.01. The van der Waals surface area contributed by atoms with Crippen molar-refractivity contribution in [3.63, 3.8) is 0 Å². The summed E-state index contributed by atoms with van der Waals surface area (Å²) in [5.74, 6) is -0.818. The molecule has 1 aromatic rings. The van der Waals surface area contributed by atoms with Gasteiger partial charge in [-0.05, 0) is 37.6 Å². The van der Waals surface area contributed by atoms with Gasteiger partial charge in [-0.1, -0.05) is 0 Å². The normalized spacial score (nSPS) is 12.0. The number of rotatable bonds is 5. The quantitative estimate of drug-likeness (QED) is 0.506. The van der Waals surface area contributed by atoms with E-state index in [-0.39, 0.29) is 24.6 Å². The first-order valence-electron chi connectivity index (χ1n) is 5.59. The third-order valence-corrected chi connectivity index (χ3v) is 2.53. The van der Waals surface area contributed by atoms with E-state index in [0.717, 1.165) is 0 Å². The van der Waals surface area contributed by atoms with Crippen LogP contribution in [0.5, 0.6) is 0 Å². The van der Waals surface area contributed by atoms with E-state index < -0.39 is 11.3 Å². The Kier molecular flexibility index (Phi) is 5.31. The number of Topliss-reactive ketones (excluding diaryl/α,β-unsaturated/α-hetero) is 1. The van der Waals surface area contributed by atoms with Gasteiger partial charge in [0.05, 0.1) is 24.2 Å². The second-order valence-electron chi connectivity index (χ2n) is 3.78. The Morgan fingerprint density at radius 1 is 1.33 bits per heavy atom. The maximum absolute atomic E-state index is 11.8. The Balaban J connectivity index is 3.17. The van der Waals surface area contributed by atoms with Gasteiger partial charge in [-0.15, -0.1) is 11.6 Å². The molecular weight excluding hydrogens is 256 g/mol. The lowest BCUT2D eigenvalue weighted by molar-refractivity contribution is 0.0526. The average molecular weight is 271 g/mol. The van der Waals surface area contributed by atoms with Gasteiger partial charge in [0.2, 0.25) is 0 Å². The van der Waals surface area contributed by atoms with E-state index in [9.17, 15) is 9.59 Å². The van der Waals surface area contributed by atoms with E-state index in [1.54, 1.807) is 13.8 Å². The first kappa shape index (κ1) is 14.7. The number of alkyl halides is 1. The molecule has 0 spiro atoms. The molecule has 0 amide bonds. The third-order valence-electron chi connectivity index (χ3n) is 2.33. The van der Waals surface area contributed by atoms with Gasteiger partial charge in [-0.25, -0.2) is 4.79 Å². The maximum atomic E-state index is 11.8. The Morgan fingerprint density at radius 2 is 1.94 bits per heavy atom. The van der Waals surface area contributed by atoms with Crippen LogP contribution in [0.4, 0.5) is 0 Å². The minimum atomic E-state index is -0.686. The van der Waals surface area contributed by atoms with Crippen molar-refractivity contribution >= 4 is 23.4 Å². The van der Waals surface area contributed by atoms with Crippen molar-refractivity contribution in [3.8, 4) is 0 Å². The summed E-state index contributed by atoms with van der Waals surface area (Å²) in [4.78, 5) is 23.4. The fourth-order valence-corrected chi connectivity index (χ4v) is 1.61. The maximum Gasteiger partial charge on any atom is 0.338 e. The number of carbonyl (C=O) groups is 2. The Bertz CT molecular complexity index is 454. The highest BCUT2D eigenvalue weighted by atomic mass is 35.5. The van der Waals surface area contributed by atoms with Crippen molar-refractivity contribution in [2.45, 2.75) is 25.8 Å². The molecule has 1 aromatic carbocycles. The molecule has 0 aliphatic rings. The predicted octanol–water partition coefficient (Wildman–Crippen LogP) is 2.17. The number of esters is 1. The standard InChI is InChI=1S/C13H15ClO4/c1-3-18-13(17)11-5-9(7-15)4-10(6-11)12(16)8(2)14/h4-6,8,15H,3,7H2,1-2H3. The SMILES string of the molecule is CCOC(=O)c1cc(CO)cc(C(=O)C(C)Cl)c1. The largest absolute Gasteiger partial charge is 0.462 e. The fourth-order valence-electron chi connectivity index (χ4n) is 1.49. The smallest absolute Gasteiger partial charge is 0.338 e. The van der Waals surface area contributed by atoms with Crippen molar-refractivity contribution in [3.05, 3.63) is 34.9 Å². The number of ketones is 1. The summed E-state index contributed by atoms with van der Waals surface area (Å²) >= 11 is 5.72. The van der Waals surface area contributed by atoms with E-state index in [1.165, 1.54) is 18.2 Å². The van der Waals surface area contributed by atoms with Crippen molar-refractivity contribution in [1.29, 1.82) is 0 Å². The minimum absolute atomic E-state index is 0.240. The summed E-state index contributed by atoms with van der Waals surface area (Å²) in [5, 5.41) is 8.44. The molecule has 0 fully saturated rings. The van der Waals surface area contributed by atoms with Gasteiger partial charge in [0.25, 0.3) is 0 Å². The molecule has 98 valence electrons. The molecular formula is C13H15ClO4. The number of carbonyl (C=O) groups excluding carboxylic acids is 2. The number of halogens is 1. The van der Waals surface area contributed by atoms with E-state index in [2.05, 4.69) is 0 Å². The molecule has 0 saturated heterocycles. The number of aliphatic hydroxyl groups is 1. The van der Waals surface area contributed by atoms with Crippen LogP contribution in [0.2, 0.25) is 0 Å². The summed E-state index contributed by atoms with van der Waals surface area (Å²) in [6.07, 6.45) is 0. The molecule has 0 bridgehead atoms. The molecule has 18 heavy (non-hydrogen) atoms. The van der Waals surface area contributed by atoms with Crippen LogP contribution in [0.3, 0.4) is 0 Å². The summed E-state index contributed by atoms with van der Waals surface area (Å²) in [6.45, 7) is 3.24. The summed E-state index contributed by atoms with van der Waals surface area (Å²) in [7, 11) is 0. The highest BCUT2D eigenvalue weighted by Gasteiger charge is 2.16. The monoisotopic (exact) mass is 270 g/mol. The molecule has 1 N–H and O–H groups in total. The van der Waals surface area contributed by atoms with Crippen molar-refractivity contribution in [2.75, 3.05) is 6.61 Å². The van der Waals surface area contributed by atoms with Crippen LogP contribution in [0, 0.1) is 0 Å². The third kappa shape index (κ3) is 3.55. The van der Waals surface area contributed by atoms with Crippen LogP contribution in [0.15, 0.2) is 18.2 Å². The first-order chi connectivity index (χ1) is 8.49. The molecule has 0 aromatic heterocycles. The highest BCUT2D eigenvalue weighted by molar-refractivity contribution is 6.33. The van der Waals surface area contributed by atoms with Crippen molar-refractivity contribution in [2.24, 2.45) is 0 Å². The number of hydrogen-bond donors (Lipinski definition) is 1. The summed E-state index contributed by atoms with van der Waals surface area (Å²) in [6, 6.07) is 4.44. The number of hydrogen-bond acceptors (Lipinski definition) is 4. The van der Waals surface area contributed by atoms with Gasteiger partial charge in [-0.2, -0.15) is 0 Å². The van der Waals surface area contributed by atoms with Crippen LogP contribution in [0.1, 0.15) is 40.1 Å². The van der Waals surface area contributed by atoms with E-state index in [4.69, 9.17) is 21.4 Å². The van der Waals surface area contributed by atoms with Crippen LogP contribution < -0.4 is 0 Å². The molecule has 1 rings (SSSR count). The van der Waals surface area contributed by atoms with Crippen molar-refractivity contribution in [1.82, 2.24) is 0 Å². The second-order valence-corrected chi connectivity index (χ2v) is 4.43. The van der Waals surface area contributed by atoms with Gasteiger partial charge >= 0.3 is 5.97 Å². The molecule has 1 unspecified atom stereocenters. The van der Waals surface area contributed by atoms with E-state index in [0.29, 0.717) is 11.1 Å². The first-order valence-corrected chi connectivity index (χ1v) is 6.03. The molecule has 0 radical (unpaired) electrons. The zero-order valence-corrected chi connectivity index (χ0v) is 11.0. The molecule has 0 heterocycles. The Labute approximate surface area is 111 Å². The number of benzene rings is 1. The Hall–Kier alpha value is -1.39. The van der Waals surface area contributed by atoms with Crippen LogP contribution >= 0.6 is 11.6 Å². The fraction of sp³-hybridized carbons (Fsp3) is 0.385. The van der Waals surface area contributed by atoms with Gasteiger partial charge in [0, 0.05) is 5.56 Å².